The molecule has 9 heteroatoms. The molecule has 0 bridgehead atoms. The number of carbonyl (C=O) groups excluding carboxylic acids is 1. The van der Waals surface area contributed by atoms with E-state index in [-0.39, 0.29) is 16.8 Å². The zero-order valence-corrected chi connectivity index (χ0v) is 12.8. The van der Waals surface area contributed by atoms with Crippen molar-refractivity contribution in [2.45, 2.75) is 20.0 Å². The Morgan fingerprint density at radius 3 is 2.61 bits per heavy atom. The standard InChI is InChI=1S/C14H10F3N3O2S/c1-6-11(23-7(2)18-6)12(21)19-8-4-3-5-9-10(8)20-13(22-9)14(15,16)17/h3-5H,1-2H3,(H,19,21). The van der Waals surface area contributed by atoms with E-state index in [0.29, 0.717) is 10.6 Å². The highest BCUT2D eigenvalue weighted by Crippen LogP contribution is 2.33. The van der Waals surface area contributed by atoms with Crippen LogP contribution in [0.2, 0.25) is 0 Å². The van der Waals surface area contributed by atoms with Crippen LogP contribution in [0.1, 0.15) is 26.3 Å². The molecule has 1 N–H and O–H groups in total. The van der Waals surface area contributed by atoms with E-state index < -0.39 is 18.0 Å². The maximum absolute atomic E-state index is 12.7. The third-order valence-electron chi connectivity index (χ3n) is 3.02. The van der Waals surface area contributed by atoms with Gasteiger partial charge in [-0.1, -0.05) is 6.07 Å². The van der Waals surface area contributed by atoms with Crippen LogP contribution < -0.4 is 5.32 Å². The van der Waals surface area contributed by atoms with Crippen LogP contribution in [0.5, 0.6) is 0 Å². The number of alkyl halides is 3. The van der Waals surface area contributed by atoms with Crippen LogP contribution in [0.15, 0.2) is 22.6 Å². The zero-order chi connectivity index (χ0) is 16.8. The highest BCUT2D eigenvalue weighted by molar-refractivity contribution is 7.13. The Labute approximate surface area is 132 Å². The molecule has 0 fully saturated rings. The third kappa shape index (κ3) is 2.91. The molecule has 3 aromatic rings. The number of carbonyl (C=O) groups is 1. The molecule has 0 saturated heterocycles. The fourth-order valence-corrected chi connectivity index (χ4v) is 2.91. The van der Waals surface area contributed by atoms with Crippen molar-refractivity contribution < 1.29 is 22.4 Å². The van der Waals surface area contributed by atoms with Gasteiger partial charge in [0.15, 0.2) is 5.58 Å². The molecule has 1 amide bonds. The van der Waals surface area contributed by atoms with Gasteiger partial charge in [0.25, 0.3) is 5.91 Å². The number of nitrogens with zero attached hydrogens (tertiary/aromatic N) is 2. The van der Waals surface area contributed by atoms with Crippen LogP contribution in [0.4, 0.5) is 18.9 Å². The summed E-state index contributed by atoms with van der Waals surface area (Å²) in [4.78, 5) is 20.3. The summed E-state index contributed by atoms with van der Waals surface area (Å²) in [5.41, 5.74) is 0.616. The SMILES string of the molecule is Cc1nc(C)c(C(=O)Nc2cccc3oc(C(F)(F)F)nc23)s1. The lowest BCUT2D eigenvalue weighted by molar-refractivity contribution is -0.156. The first-order valence-electron chi connectivity index (χ1n) is 6.48. The van der Waals surface area contributed by atoms with Crippen molar-refractivity contribution in [1.82, 2.24) is 9.97 Å². The van der Waals surface area contributed by atoms with Gasteiger partial charge in [-0.2, -0.15) is 13.2 Å². The molecule has 2 heterocycles. The van der Waals surface area contributed by atoms with E-state index in [1.807, 2.05) is 0 Å². The largest absolute Gasteiger partial charge is 0.468 e. The highest BCUT2D eigenvalue weighted by atomic mass is 32.1. The molecule has 0 atom stereocenters. The van der Waals surface area contributed by atoms with Crippen molar-refractivity contribution in [3.8, 4) is 0 Å². The van der Waals surface area contributed by atoms with Crippen LogP contribution in [0.25, 0.3) is 11.1 Å². The lowest BCUT2D eigenvalue weighted by Crippen LogP contribution is -2.12. The van der Waals surface area contributed by atoms with Gasteiger partial charge < -0.3 is 9.73 Å². The Bertz CT molecular complexity index is 898. The number of hydrogen-bond donors (Lipinski definition) is 1. The molecule has 0 aliphatic heterocycles. The van der Waals surface area contributed by atoms with Gasteiger partial charge in [0.05, 0.1) is 16.4 Å². The number of benzene rings is 1. The van der Waals surface area contributed by atoms with Gasteiger partial charge in [0, 0.05) is 0 Å². The minimum atomic E-state index is -4.69. The van der Waals surface area contributed by atoms with Crippen LogP contribution in [-0.4, -0.2) is 15.9 Å². The summed E-state index contributed by atoms with van der Waals surface area (Å²) in [5.74, 6) is -1.80. The first-order valence-corrected chi connectivity index (χ1v) is 7.29. The lowest BCUT2D eigenvalue weighted by Gasteiger charge is -2.04. The molecule has 0 spiro atoms. The third-order valence-corrected chi connectivity index (χ3v) is 4.09. The second kappa shape index (κ2) is 5.34. The van der Waals surface area contributed by atoms with Crippen molar-refractivity contribution in [1.29, 1.82) is 0 Å². The van der Waals surface area contributed by atoms with E-state index in [9.17, 15) is 18.0 Å². The molecular formula is C14H10F3N3O2S. The van der Waals surface area contributed by atoms with Crippen molar-refractivity contribution in [2.24, 2.45) is 0 Å². The smallest absolute Gasteiger partial charge is 0.433 e. The number of amides is 1. The Morgan fingerprint density at radius 2 is 2.00 bits per heavy atom. The van der Waals surface area contributed by atoms with Crippen molar-refractivity contribution in [2.75, 3.05) is 5.32 Å². The van der Waals surface area contributed by atoms with E-state index in [1.165, 1.54) is 29.5 Å². The fourth-order valence-electron chi connectivity index (χ4n) is 2.09. The Kier molecular flexibility index (Phi) is 3.59. The van der Waals surface area contributed by atoms with E-state index in [4.69, 9.17) is 4.42 Å². The minimum absolute atomic E-state index is 0.0488. The maximum atomic E-state index is 12.7. The minimum Gasteiger partial charge on any atom is -0.433 e. The number of hydrogen-bond acceptors (Lipinski definition) is 5. The Balaban J connectivity index is 1.98. The summed E-state index contributed by atoms with van der Waals surface area (Å²) in [5, 5.41) is 3.29. The number of halogens is 3. The molecule has 0 aliphatic carbocycles. The van der Waals surface area contributed by atoms with Gasteiger partial charge in [0.1, 0.15) is 10.4 Å². The van der Waals surface area contributed by atoms with Gasteiger partial charge in [-0.15, -0.1) is 11.3 Å². The maximum Gasteiger partial charge on any atom is 0.468 e. The lowest BCUT2D eigenvalue weighted by atomic mass is 10.2. The van der Waals surface area contributed by atoms with Crippen molar-refractivity contribution in [3.05, 3.63) is 39.7 Å². The molecule has 0 saturated carbocycles. The summed E-state index contributed by atoms with van der Waals surface area (Å²) in [6.45, 7) is 3.46. The quantitative estimate of drug-likeness (QED) is 0.759. The molecule has 1 aromatic carbocycles. The predicted molar refractivity (Wildman–Crippen MR) is 78.6 cm³/mol. The Hall–Kier alpha value is -2.42. The van der Waals surface area contributed by atoms with Crippen LogP contribution in [-0.2, 0) is 6.18 Å². The first-order chi connectivity index (χ1) is 10.8. The second-order valence-corrected chi connectivity index (χ2v) is 5.97. The van der Waals surface area contributed by atoms with Gasteiger partial charge in [0.2, 0.25) is 0 Å². The molecule has 3 rings (SSSR count). The fraction of sp³-hybridized carbons (Fsp3) is 0.214. The number of para-hydroxylation sites is 1. The highest BCUT2D eigenvalue weighted by Gasteiger charge is 2.37. The summed E-state index contributed by atoms with van der Waals surface area (Å²) in [6, 6.07) is 4.30. The van der Waals surface area contributed by atoms with E-state index in [2.05, 4.69) is 15.3 Å². The molecule has 0 radical (unpaired) electrons. The first kappa shape index (κ1) is 15.5. The number of anilines is 1. The van der Waals surface area contributed by atoms with Crippen LogP contribution in [0.3, 0.4) is 0 Å². The molecular weight excluding hydrogens is 331 g/mol. The Morgan fingerprint density at radius 1 is 1.26 bits per heavy atom. The van der Waals surface area contributed by atoms with Gasteiger partial charge >= 0.3 is 12.1 Å². The number of aromatic nitrogens is 2. The summed E-state index contributed by atoms with van der Waals surface area (Å²) >= 11 is 1.21. The van der Waals surface area contributed by atoms with Crippen molar-refractivity contribution in [3.63, 3.8) is 0 Å². The molecule has 120 valence electrons. The van der Waals surface area contributed by atoms with Crippen LogP contribution in [0, 0.1) is 13.8 Å². The summed E-state index contributed by atoms with van der Waals surface area (Å²) < 4.78 is 42.8. The molecule has 0 aliphatic rings. The summed E-state index contributed by atoms with van der Waals surface area (Å²) in [6.07, 6.45) is -4.69. The van der Waals surface area contributed by atoms with Gasteiger partial charge in [-0.3, -0.25) is 4.79 Å². The van der Waals surface area contributed by atoms with E-state index in [1.54, 1.807) is 13.8 Å². The molecule has 0 unspecified atom stereocenters. The number of aryl methyl sites for hydroxylation is 2. The zero-order valence-electron chi connectivity index (χ0n) is 12.0. The van der Waals surface area contributed by atoms with E-state index >= 15 is 0 Å². The van der Waals surface area contributed by atoms with Crippen LogP contribution >= 0.6 is 11.3 Å². The number of rotatable bonds is 2. The average molecular weight is 341 g/mol. The number of thiazole rings is 1. The monoisotopic (exact) mass is 341 g/mol. The van der Waals surface area contributed by atoms with Crippen molar-refractivity contribution >= 4 is 34.0 Å². The predicted octanol–water partition coefficient (Wildman–Crippen LogP) is 4.17. The van der Waals surface area contributed by atoms with Gasteiger partial charge in [-0.25, -0.2) is 9.97 Å². The number of oxazole rings is 1. The number of fused-ring (bicyclic) bond motifs is 1. The molecule has 5 nitrogen and oxygen atoms in total. The second-order valence-electron chi connectivity index (χ2n) is 4.77. The van der Waals surface area contributed by atoms with Gasteiger partial charge in [-0.05, 0) is 26.0 Å². The summed E-state index contributed by atoms with van der Waals surface area (Å²) in [7, 11) is 0. The molecule has 23 heavy (non-hydrogen) atoms. The number of nitrogens with one attached hydrogen (secondary N) is 1. The topological polar surface area (TPSA) is 68.0 Å². The van der Waals surface area contributed by atoms with E-state index in [0.717, 1.165) is 5.01 Å². The average Bonchev–Trinajstić information content (AvgIpc) is 3.02. The normalized spacial score (nSPS) is 11.9. The molecule has 2 aromatic heterocycles.